The van der Waals surface area contributed by atoms with Crippen LogP contribution in [0.2, 0.25) is 0 Å². The first-order valence-electron chi connectivity index (χ1n) is 5.78. The van der Waals surface area contributed by atoms with Gasteiger partial charge in [-0.3, -0.25) is 4.68 Å². The van der Waals surface area contributed by atoms with Crippen molar-refractivity contribution < 1.29 is 0 Å². The van der Waals surface area contributed by atoms with Crippen LogP contribution in [0.4, 0.5) is 0 Å². The summed E-state index contributed by atoms with van der Waals surface area (Å²) >= 11 is 0. The fraction of sp³-hybridized carbons (Fsp3) is 0.417. The van der Waals surface area contributed by atoms with E-state index in [0.717, 1.165) is 31.2 Å². The van der Waals surface area contributed by atoms with Crippen molar-refractivity contribution in [1.29, 1.82) is 0 Å². The molecule has 0 amide bonds. The van der Waals surface area contributed by atoms with Gasteiger partial charge in [0.15, 0.2) is 0 Å². The molecular formula is C12H17N5. The SMILES string of the molecule is CCn1cc(CNCc2ccnc(C)n2)cn1. The number of rotatable bonds is 5. The van der Waals surface area contributed by atoms with Gasteiger partial charge in [-0.2, -0.15) is 5.10 Å². The number of hydrogen-bond acceptors (Lipinski definition) is 4. The summed E-state index contributed by atoms with van der Waals surface area (Å²) in [7, 11) is 0. The Hall–Kier alpha value is -1.75. The lowest BCUT2D eigenvalue weighted by atomic mass is 10.3. The van der Waals surface area contributed by atoms with Crippen LogP contribution in [0.1, 0.15) is 24.0 Å². The average molecular weight is 231 g/mol. The maximum atomic E-state index is 4.33. The van der Waals surface area contributed by atoms with Gasteiger partial charge >= 0.3 is 0 Å². The third-order valence-corrected chi connectivity index (χ3v) is 2.48. The zero-order valence-corrected chi connectivity index (χ0v) is 10.2. The summed E-state index contributed by atoms with van der Waals surface area (Å²) in [6, 6.07) is 1.93. The Morgan fingerprint density at radius 3 is 2.94 bits per heavy atom. The van der Waals surface area contributed by atoms with E-state index in [1.54, 1.807) is 6.20 Å². The third kappa shape index (κ3) is 3.35. The van der Waals surface area contributed by atoms with Gasteiger partial charge in [0.1, 0.15) is 5.82 Å². The van der Waals surface area contributed by atoms with Crippen molar-refractivity contribution in [3.05, 3.63) is 41.7 Å². The molecule has 5 nitrogen and oxygen atoms in total. The van der Waals surface area contributed by atoms with Gasteiger partial charge in [-0.05, 0) is 19.9 Å². The Morgan fingerprint density at radius 1 is 1.35 bits per heavy atom. The van der Waals surface area contributed by atoms with E-state index < -0.39 is 0 Å². The minimum Gasteiger partial charge on any atom is -0.307 e. The van der Waals surface area contributed by atoms with Gasteiger partial charge in [0.25, 0.3) is 0 Å². The van der Waals surface area contributed by atoms with Crippen LogP contribution in [0.5, 0.6) is 0 Å². The molecule has 5 heteroatoms. The predicted molar refractivity (Wildman–Crippen MR) is 65.2 cm³/mol. The molecule has 17 heavy (non-hydrogen) atoms. The summed E-state index contributed by atoms with van der Waals surface area (Å²) < 4.78 is 1.92. The van der Waals surface area contributed by atoms with Crippen molar-refractivity contribution in [1.82, 2.24) is 25.1 Å². The van der Waals surface area contributed by atoms with Gasteiger partial charge in [0, 0.05) is 37.6 Å². The molecule has 90 valence electrons. The summed E-state index contributed by atoms with van der Waals surface area (Å²) in [6.45, 7) is 6.44. The van der Waals surface area contributed by atoms with Gasteiger partial charge < -0.3 is 5.32 Å². The molecule has 2 rings (SSSR count). The Balaban J connectivity index is 1.83. The monoisotopic (exact) mass is 231 g/mol. The van der Waals surface area contributed by atoms with Gasteiger partial charge in [0.05, 0.1) is 11.9 Å². The molecule has 2 heterocycles. The first-order chi connectivity index (χ1) is 8.28. The third-order valence-electron chi connectivity index (χ3n) is 2.48. The van der Waals surface area contributed by atoms with Crippen LogP contribution in [0.3, 0.4) is 0 Å². The molecule has 0 unspecified atom stereocenters. The number of hydrogen-bond donors (Lipinski definition) is 1. The predicted octanol–water partition coefficient (Wildman–Crippen LogP) is 1.29. The highest BCUT2D eigenvalue weighted by molar-refractivity contribution is 5.05. The lowest BCUT2D eigenvalue weighted by molar-refractivity contribution is 0.653. The van der Waals surface area contributed by atoms with Crippen LogP contribution in [-0.4, -0.2) is 19.7 Å². The smallest absolute Gasteiger partial charge is 0.125 e. The second kappa shape index (κ2) is 5.54. The maximum absolute atomic E-state index is 4.33. The summed E-state index contributed by atoms with van der Waals surface area (Å²) in [5, 5.41) is 7.56. The number of nitrogens with one attached hydrogen (secondary N) is 1. The fourth-order valence-electron chi connectivity index (χ4n) is 1.61. The first-order valence-corrected chi connectivity index (χ1v) is 5.78. The van der Waals surface area contributed by atoms with E-state index in [1.165, 1.54) is 5.56 Å². The van der Waals surface area contributed by atoms with Crippen molar-refractivity contribution >= 4 is 0 Å². The van der Waals surface area contributed by atoms with Crippen molar-refractivity contribution in [3.63, 3.8) is 0 Å². The van der Waals surface area contributed by atoms with E-state index in [4.69, 9.17) is 0 Å². The van der Waals surface area contributed by atoms with Crippen LogP contribution >= 0.6 is 0 Å². The van der Waals surface area contributed by atoms with E-state index in [-0.39, 0.29) is 0 Å². The molecule has 0 saturated carbocycles. The molecule has 1 N–H and O–H groups in total. The lowest BCUT2D eigenvalue weighted by Crippen LogP contribution is -2.13. The molecule has 0 fully saturated rings. The maximum Gasteiger partial charge on any atom is 0.125 e. The highest BCUT2D eigenvalue weighted by Crippen LogP contribution is 1.99. The molecule has 0 aliphatic heterocycles. The van der Waals surface area contributed by atoms with Crippen LogP contribution in [0.15, 0.2) is 24.7 Å². The standard InChI is InChI=1S/C12H17N5/c1-3-17-9-11(7-15-17)6-13-8-12-4-5-14-10(2)16-12/h4-5,7,9,13H,3,6,8H2,1-2H3. The van der Waals surface area contributed by atoms with E-state index in [2.05, 4.69) is 33.5 Å². The Labute approximate surface area is 101 Å². The highest BCUT2D eigenvalue weighted by Gasteiger charge is 1.98. The normalized spacial score (nSPS) is 10.7. The van der Waals surface area contributed by atoms with Crippen molar-refractivity contribution in [2.24, 2.45) is 0 Å². The van der Waals surface area contributed by atoms with Crippen LogP contribution in [0.25, 0.3) is 0 Å². The zero-order chi connectivity index (χ0) is 12.1. The molecular weight excluding hydrogens is 214 g/mol. The Kier molecular flexibility index (Phi) is 3.82. The van der Waals surface area contributed by atoms with Crippen molar-refractivity contribution in [2.75, 3.05) is 0 Å². The largest absolute Gasteiger partial charge is 0.307 e. The summed E-state index contributed by atoms with van der Waals surface area (Å²) in [5.41, 5.74) is 2.21. The molecule has 0 saturated heterocycles. The summed E-state index contributed by atoms with van der Waals surface area (Å²) in [6.07, 6.45) is 5.73. The minimum atomic E-state index is 0.751. The molecule has 0 aromatic carbocycles. The van der Waals surface area contributed by atoms with Crippen LogP contribution in [0, 0.1) is 6.92 Å². The molecule has 2 aromatic heterocycles. The van der Waals surface area contributed by atoms with Crippen molar-refractivity contribution in [3.8, 4) is 0 Å². The van der Waals surface area contributed by atoms with E-state index >= 15 is 0 Å². The highest BCUT2D eigenvalue weighted by atomic mass is 15.3. The topological polar surface area (TPSA) is 55.6 Å². The Bertz CT molecular complexity index is 477. The second-order valence-corrected chi connectivity index (χ2v) is 3.90. The summed E-state index contributed by atoms with van der Waals surface area (Å²) in [4.78, 5) is 8.40. The zero-order valence-electron chi connectivity index (χ0n) is 10.2. The minimum absolute atomic E-state index is 0.751. The molecule has 0 aliphatic carbocycles. The van der Waals surface area contributed by atoms with Gasteiger partial charge in [-0.1, -0.05) is 0 Å². The van der Waals surface area contributed by atoms with E-state index in [1.807, 2.05) is 23.9 Å². The number of aryl methyl sites for hydroxylation is 2. The van der Waals surface area contributed by atoms with Crippen LogP contribution in [-0.2, 0) is 19.6 Å². The number of aromatic nitrogens is 4. The molecule has 2 aromatic rings. The molecule has 0 spiro atoms. The lowest BCUT2D eigenvalue weighted by Gasteiger charge is -2.02. The summed E-state index contributed by atoms with van der Waals surface area (Å²) in [5.74, 6) is 0.808. The average Bonchev–Trinajstić information content (AvgIpc) is 2.77. The van der Waals surface area contributed by atoms with E-state index in [0.29, 0.717) is 0 Å². The van der Waals surface area contributed by atoms with Crippen molar-refractivity contribution in [2.45, 2.75) is 33.5 Å². The first kappa shape index (κ1) is 11.7. The second-order valence-electron chi connectivity index (χ2n) is 3.90. The quantitative estimate of drug-likeness (QED) is 0.842. The van der Waals surface area contributed by atoms with E-state index in [9.17, 15) is 0 Å². The molecule has 0 radical (unpaired) electrons. The fourth-order valence-corrected chi connectivity index (χ4v) is 1.61. The Morgan fingerprint density at radius 2 is 2.24 bits per heavy atom. The van der Waals surface area contributed by atoms with Gasteiger partial charge in [-0.15, -0.1) is 0 Å². The van der Waals surface area contributed by atoms with Crippen LogP contribution < -0.4 is 5.32 Å². The number of nitrogens with zero attached hydrogens (tertiary/aromatic N) is 4. The molecule has 0 bridgehead atoms. The van der Waals surface area contributed by atoms with Gasteiger partial charge in [-0.25, -0.2) is 9.97 Å². The van der Waals surface area contributed by atoms with Gasteiger partial charge in [0.2, 0.25) is 0 Å². The molecule has 0 atom stereocenters. The molecule has 0 aliphatic rings.